The quantitative estimate of drug-likeness (QED) is 0.0874. The Morgan fingerprint density at radius 2 is 1.49 bits per heavy atom. The van der Waals surface area contributed by atoms with E-state index in [0.717, 1.165) is 4.90 Å². The third-order valence-corrected chi connectivity index (χ3v) is 11.7. The molecule has 0 aliphatic carbocycles. The smallest absolute Gasteiger partial charge is 0.316 e. The number of imide groups is 1. The molecule has 1 fully saturated rings. The first-order valence-electron chi connectivity index (χ1n) is 11.2. The van der Waals surface area contributed by atoms with Crippen LogP contribution in [0.2, 0.25) is 10.0 Å². The second-order valence-corrected chi connectivity index (χ2v) is 12.8. The maximum Gasteiger partial charge on any atom is 0.316 e. The second kappa shape index (κ2) is 10.9. The maximum atomic E-state index is 13.3. The van der Waals surface area contributed by atoms with E-state index in [1.54, 1.807) is 37.3 Å². The van der Waals surface area contributed by atoms with Crippen molar-refractivity contribution in [2.24, 2.45) is 5.92 Å². The highest BCUT2D eigenvalue weighted by Crippen LogP contribution is 2.46. The SMILES string of the molecule is Cc1cc(OC(=O)[C@@H]2CC(=O)N(c3cc(Cl)ccc3Cl)C2)ccc1N1C(=O)c2c(Br)c(Br)c(Br)c(Br)c2C1=O. The zero-order chi connectivity index (χ0) is 28.3. The molecule has 0 saturated carbocycles. The first-order valence-corrected chi connectivity index (χ1v) is 15.2. The molecule has 200 valence electrons. The summed E-state index contributed by atoms with van der Waals surface area (Å²) in [7, 11) is 0. The van der Waals surface area contributed by atoms with Gasteiger partial charge >= 0.3 is 5.97 Å². The summed E-state index contributed by atoms with van der Waals surface area (Å²) in [6, 6.07) is 9.39. The standard InChI is InChI=1S/C26H14Br4Cl2N2O5/c1-10-6-13(39-26(38)11-7-17(35)33(9-11)16-8-12(31)2-4-14(16)32)3-5-15(10)34-24(36)18-19(25(34)37)21(28)23(30)22(29)20(18)27/h2-6,8,11H,7,9H2,1H3/t11-/m1/s1. The third-order valence-electron chi connectivity index (χ3n) is 6.39. The van der Waals surface area contributed by atoms with Gasteiger partial charge < -0.3 is 9.64 Å². The number of ether oxygens (including phenoxy) is 1. The molecule has 3 amide bonds. The Hall–Kier alpha value is -1.76. The number of amides is 3. The first kappa shape index (κ1) is 28.8. The minimum atomic E-state index is -0.713. The molecule has 0 unspecified atom stereocenters. The van der Waals surface area contributed by atoms with Gasteiger partial charge in [-0.2, -0.15) is 0 Å². The second-order valence-electron chi connectivity index (χ2n) is 8.82. The van der Waals surface area contributed by atoms with Crippen molar-refractivity contribution in [1.82, 2.24) is 0 Å². The molecule has 2 aliphatic heterocycles. The minimum absolute atomic E-state index is 0.0390. The summed E-state index contributed by atoms with van der Waals surface area (Å²) in [6.07, 6.45) is -0.0390. The van der Waals surface area contributed by atoms with E-state index in [-0.39, 0.29) is 35.7 Å². The van der Waals surface area contributed by atoms with E-state index in [4.69, 9.17) is 27.9 Å². The highest BCUT2D eigenvalue weighted by Gasteiger charge is 2.42. The summed E-state index contributed by atoms with van der Waals surface area (Å²) in [6.45, 7) is 1.80. The van der Waals surface area contributed by atoms with Crippen molar-refractivity contribution in [2.45, 2.75) is 13.3 Å². The lowest BCUT2D eigenvalue weighted by Crippen LogP contribution is -2.30. The highest BCUT2D eigenvalue weighted by atomic mass is 79.9. The predicted octanol–water partition coefficient (Wildman–Crippen LogP) is 8.11. The molecule has 2 heterocycles. The zero-order valence-electron chi connectivity index (χ0n) is 19.7. The van der Waals surface area contributed by atoms with Crippen LogP contribution in [0.25, 0.3) is 0 Å². The molecular weight excluding hydrogens is 811 g/mol. The molecule has 0 N–H and O–H groups in total. The van der Waals surface area contributed by atoms with Crippen molar-refractivity contribution in [3.8, 4) is 5.75 Å². The normalized spacial score (nSPS) is 16.8. The van der Waals surface area contributed by atoms with Gasteiger partial charge in [0.2, 0.25) is 5.91 Å². The van der Waals surface area contributed by atoms with Crippen LogP contribution in [0.15, 0.2) is 54.3 Å². The van der Waals surface area contributed by atoms with Gasteiger partial charge in [-0.05, 0) is 113 Å². The summed E-state index contributed by atoms with van der Waals surface area (Å²) in [4.78, 5) is 54.7. The lowest BCUT2D eigenvalue weighted by molar-refractivity contribution is -0.139. The molecule has 1 saturated heterocycles. The van der Waals surface area contributed by atoms with Crippen LogP contribution in [0.3, 0.4) is 0 Å². The van der Waals surface area contributed by atoms with Crippen molar-refractivity contribution >= 4 is 122 Å². The predicted molar refractivity (Wildman–Crippen MR) is 162 cm³/mol. The van der Waals surface area contributed by atoms with E-state index >= 15 is 0 Å². The van der Waals surface area contributed by atoms with E-state index in [1.807, 2.05) is 0 Å². The van der Waals surface area contributed by atoms with Gasteiger partial charge in [0, 0.05) is 35.9 Å². The van der Waals surface area contributed by atoms with Crippen LogP contribution in [0, 0.1) is 12.8 Å². The summed E-state index contributed by atoms with van der Waals surface area (Å²) >= 11 is 25.9. The summed E-state index contributed by atoms with van der Waals surface area (Å²) in [5, 5.41) is 0.766. The van der Waals surface area contributed by atoms with Crippen LogP contribution >= 0.6 is 86.9 Å². The molecule has 0 bridgehead atoms. The topological polar surface area (TPSA) is 84.0 Å². The molecule has 13 heteroatoms. The number of esters is 1. The van der Waals surface area contributed by atoms with E-state index in [2.05, 4.69) is 63.7 Å². The number of anilines is 2. The van der Waals surface area contributed by atoms with Gasteiger partial charge in [-0.1, -0.05) is 23.2 Å². The Morgan fingerprint density at radius 3 is 2.08 bits per heavy atom. The number of aryl methyl sites for hydroxylation is 1. The van der Waals surface area contributed by atoms with Gasteiger partial charge in [0.15, 0.2) is 0 Å². The van der Waals surface area contributed by atoms with Gasteiger partial charge in [-0.25, -0.2) is 4.90 Å². The van der Waals surface area contributed by atoms with Gasteiger partial charge in [0.1, 0.15) is 5.75 Å². The number of hydrogen-bond donors (Lipinski definition) is 0. The number of carbonyl (C=O) groups excluding carboxylic acids is 4. The van der Waals surface area contributed by atoms with Gasteiger partial charge in [0.25, 0.3) is 11.8 Å². The number of carbonyl (C=O) groups is 4. The van der Waals surface area contributed by atoms with Crippen LogP contribution in [0.1, 0.15) is 32.7 Å². The van der Waals surface area contributed by atoms with Crippen molar-refractivity contribution in [2.75, 3.05) is 16.3 Å². The average molecular weight is 825 g/mol. The van der Waals surface area contributed by atoms with Gasteiger partial charge in [0.05, 0.1) is 33.4 Å². The molecule has 2 aliphatic rings. The molecule has 7 nitrogen and oxygen atoms in total. The number of fused-ring (bicyclic) bond motifs is 1. The fraction of sp³-hybridized carbons (Fsp3) is 0.154. The number of benzene rings is 3. The molecule has 0 radical (unpaired) electrons. The Balaban J connectivity index is 1.35. The fourth-order valence-electron chi connectivity index (χ4n) is 4.50. The van der Waals surface area contributed by atoms with E-state index in [9.17, 15) is 19.2 Å². The summed E-state index contributed by atoms with van der Waals surface area (Å²) in [5.74, 6) is -2.33. The van der Waals surface area contributed by atoms with Crippen molar-refractivity contribution in [3.05, 3.63) is 81.0 Å². The third kappa shape index (κ3) is 4.99. The minimum Gasteiger partial charge on any atom is -0.426 e. The van der Waals surface area contributed by atoms with E-state index < -0.39 is 23.7 Å². The zero-order valence-corrected chi connectivity index (χ0v) is 27.5. The number of rotatable bonds is 4. The van der Waals surface area contributed by atoms with Gasteiger partial charge in [-0.15, -0.1) is 0 Å². The molecule has 0 aromatic heterocycles. The van der Waals surface area contributed by atoms with Crippen molar-refractivity contribution in [3.63, 3.8) is 0 Å². The van der Waals surface area contributed by atoms with E-state index in [0.29, 0.717) is 44.9 Å². The van der Waals surface area contributed by atoms with Crippen LogP contribution in [0.4, 0.5) is 11.4 Å². The lowest BCUT2D eigenvalue weighted by atomic mass is 10.1. The number of hydrogen-bond acceptors (Lipinski definition) is 5. The number of nitrogens with zero attached hydrogens (tertiary/aromatic N) is 2. The Morgan fingerprint density at radius 1 is 0.872 bits per heavy atom. The molecule has 3 aromatic rings. The Bertz CT molecular complexity index is 1580. The average Bonchev–Trinajstić information content (AvgIpc) is 3.40. The molecule has 5 rings (SSSR count). The van der Waals surface area contributed by atoms with Crippen molar-refractivity contribution < 1.29 is 23.9 Å². The van der Waals surface area contributed by atoms with Crippen LogP contribution < -0.4 is 14.5 Å². The van der Waals surface area contributed by atoms with Crippen LogP contribution in [0.5, 0.6) is 5.75 Å². The molecular formula is C26H14Br4Cl2N2O5. The number of halogens is 6. The molecule has 1 atom stereocenters. The molecule has 3 aromatic carbocycles. The maximum absolute atomic E-state index is 13.3. The van der Waals surface area contributed by atoms with Gasteiger partial charge in [-0.3, -0.25) is 19.2 Å². The largest absolute Gasteiger partial charge is 0.426 e. The fourth-order valence-corrected chi connectivity index (χ4v) is 7.34. The van der Waals surface area contributed by atoms with Crippen molar-refractivity contribution in [1.29, 1.82) is 0 Å². The summed E-state index contributed by atoms with van der Waals surface area (Å²) in [5.41, 5.74) is 1.78. The van der Waals surface area contributed by atoms with E-state index in [1.165, 1.54) is 11.0 Å². The Kier molecular flexibility index (Phi) is 8.04. The van der Waals surface area contributed by atoms with Crippen LogP contribution in [-0.2, 0) is 9.59 Å². The van der Waals surface area contributed by atoms with Crippen LogP contribution in [-0.4, -0.2) is 30.2 Å². The summed E-state index contributed by atoms with van der Waals surface area (Å²) < 4.78 is 7.67. The molecule has 0 spiro atoms. The first-order chi connectivity index (χ1) is 18.4. The highest BCUT2D eigenvalue weighted by molar-refractivity contribution is 9.15. The monoisotopic (exact) mass is 820 g/mol. The molecule has 39 heavy (non-hydrogen) atoms. The lowest BCUT2D eigenvalue weighted by Gasteiger charge is -2.19. The Labute approximate surface area is 266 Å².